The molecule has 1 N–H and O–H groups in total. The second-order valence-electron chi connectivity index (χ2n) is 5.32. The van der Waals surface area contributed by atoms with E-state index >= 15 is 0 Å². The van der Waals surface area contributed by atoms with E-state index in [1.807, 2.05) is 19.1 Å². The third kappa shape index (κ3) is 4.68. The fourth-order valence-electron chi connectivity index (χ4n) is 2.23. The van der Waals surface area contributed by atoms with E-state index in [1.54, 1.807) is 31.4 Å². The molecule has 0 radical (unpaired) electrons. The van der Waals surface area contributed by atoms with Crippen LogP contribution in [0.15, 0.2) is 53.6 Å². The number of nitrogens with zero attached hydrogens (tertiary/aromatic N) is 1. The normalized spacial score (nSPS) is 11.2. The van der Waals surface area contributed by atoms with Crippen LogP contribution in [0.5, 0.6) is 5.75 Å². The van der Waals surface area contributed by atoms with Crippen LogP contribution in [0.4, 0.5) is 0 Å². The van der Waals surface area contributed by atoms with Gasteiger partial charge in [0.15, 0.2) is 0 Å². The number of ether oxygens (including phenoxy) is 1. The molecule has 0 aromatic heterocycles. The van der Waals surface area contributed by atoms with Gasteiger partial charge in [0.05, 0.1) is 12.8 Å². The minimum absolute atomic E-state index is 0.258. The van der Waals surface area contributed by atoms with Gasteiger partial charge in [0.25, 0.3) is 5.91 Å². The first kappa shape index (κ1) is 16.7. The second-order valence-corrected chi connectivity index (χ2v) is 5.32. The van der Waals surface area contributed by atoms with Crippen molar-refractivity contribution in [2.75, 3.05) is 7.11 Å². The van der Waals surface area contributed by atoms with Gasteiger partial charge in [-0.25, -0.2) is 5.43 Å². The van der Waals surface area contributed by atoms with E-state index in [2.05, 4.69) is 29.6 Å². The zero-order valence-corrected chi connectivity index (χ0v) is 13.8. The quantitative estimate of drug-likeness (QED) is 0.651. The average molecular weight is 310 g/mol. The van der Waals surface area contributed by atoms with E-state index in [9.17, 15) is 4.79 Å². The largest absolute Gasteiger partial charge is 0.497 e. The molecule has 2 aromatic rings. The lowest BCUT2D eigenvalue weighted by Gasteiger charge is -2.05. The van der Waals surface area contributed by atoms with Crippen LogP contribution in [0.2, 0.25) is 0 Å². The van der Waals surface area contributed by atoms with Gasteiger partial charge in [0, 0.05) is 5.56 Å². The molecule has 0 bridgehead atoms. The summed E-state index contributed by atoms with van der Waals surface area (Å²) in [7, 11) is 1.57. The number of methoxy groups -OCH3 is 1. The molecule has 0 aliphatic rings. The monoisotopic (exact) mass is 310 g/mol. The lowest BCUT2D eigenvalue weighted by atomic mass is 10.1. The maximum absolute atomic E-state index is 12.1. The van der Waals surface area contributed by atoms with Crippen LogP contribution < -0.4 is 10.2 Å². The van der Waals surface area contributed by atoms with Gasteiger partial charge in [-0.3, -0.25) is 4.79 Å². The number of rotatable bonds is 6. The molecule has 4 heteroatoms. The number of nitrogens with one attached hydrogen (secondary N) is 1. The number of aryl methyl sites for hydroxylation is 1. The molecule has 0 atom stereocenters. The van der Waals surface area contributed by atoms with Gasteiger partial charge in [-0.1, -0.05) is 43.7 Å². The summed E-state index contributed by atoms with van der Waals surface area (Å²) in [5.74, 6) is 0.385. The van der Waals surface area contributed by atoms with Crippen molar-refractivity contribution in [2.24, 2.45) is 5.10 Å². The van der Waals surface area contributed by atoms with E-state index in [4.69, 9.17) is 4.74 Å². The van der Waals surface area contributed by atoms with Gasteiger partial charge in [0.1, 0.15) is 5.75 Å². The summed E-state index contributed by atoms with van der Waals surface area (Å²) in [6, 6.07) is 15.2. The Morgan fingerprint density at radius 3 is 2.52 bits per heavy atom. The highest BCUT2D eigenvalue weighted by molar-refractivity contribution is 6.00. The summed E-state index contributed by atoms with van der Waals surface area (Å²) in [6.45, 7) is 4.04. The van der Waals surface area contributed by atoms with Crippen molar-refractivity contribution in [1.82, 2.24) is 5.43 Å². The number of hydrogen-bond acceptors (Lipinski definition) is 3. The van der Waals surface area contributed by atoms with Crippen molar-refractivity contribution in [3.05, 3.63) is 65.2 Å². The van der Waals surface area contributed by atoms with Crippen LogP contribution in [-0.4, -0.2) is 18.7 Å². The Labute approximate surface area is 137 Å². The van der Waals surface area contributed by atoms with E-state index in [0.717, 1.165) is 24.1 Å². The Balaban J connectivity index is 2.04. The molecular formula is C19H22N2O2. The molecule has 4 nitrogen and oxygen atoms in total. The first-order chi connectivity index (χ1) is 11.1. The Bertz CT molecular complexity index is 691. The molecule has 0 heterocycles. The highest BCUT2D eigenvalue weighted by Crippen LogP contribution is 2.12. The van der Waals surface area contributed by atoms with Gasteiger partial charge in [0.2, 0.25) is 0 Å². The fourth-order valence-corrected chi connectivity index (χ4v) is 2.23. The molecule has 1 amide bonds. The van der Waals surface area contributed by atoms with Gasteiger partial charge in [-0.05, 0) is 42.7 Å². The van der Waals surface area contributed by atoms with Crippen molar-refractivity contribution in [3.63, 3.8) is 0 Å². The molecule has 2 aromatic carbocycles. The number of amides is 1. The molecular weight excluding hydrogens is 288 g/mol. The number of hydrazone groups is 1. The van der Waals surface area contributed by atoms with Crippen LogP contribution in [0.3, 0.4) is 0 Å². The zero-order valence-electron chi connectivity index (χ0n) is 13.8. The smallest absolute Gasteiger partial charge is 0.271 e. The standard InChI is InChI=1S/C19H22N2O2/c1-4-6-15-9-11-16(12-10-15)14(2)20-21-19(22)17-7-5-8-18(13-17)23-3/h5,7-13H,4,6H2,1-3H3,(H,21,22). The van der Waals surface area contributed by atoms with Gasteiger partial charge >= 0.3 is 0 Å². The Kier molecular flexibility index (Phi) is 5.92. The number of benzene rings is 2. The fraction of sp³-hybridized carbons (Fsp3) is 0.263. The number of carbonyl (C=O) groups is 1. The first-order valence-corrected chi connectivity index (χ1v) is 7.72. The molecule has 0 unspecified atom stereocenters. The summed E-state index contributed by atoms with van der Waals surface area (Å²) in [4.78, 5) is 12.1. The molecule has 120 valence electrons. The molecule has 0 aliphatic carbocycles. The van der Waals surface area contributed by atoms with Crippen LogP contribution >= 0.6 is 0 Å². The molecule has 0 saturated carbocycles. The summed E-state index contributed by atoms with van der Waals surface area (Å²) < 4.78 is 5.12. The maximum Gasteiger partial charge on any atom is 0.271 e. The summed E-state index contributed by atoms with van der Waals surface area (Å²) in [6.07, 6.45) is 2.20. The van der Waals surface area contributed by atoms with Crippen molar-refractivity contribution >= 4 is 11.6 Å². The molecule has 0 saturated heterocycles. The van der Waals surface area contributed by atoms with E-state index in [0.29, 0.717) is 11.3 Å². The predicted molar refractivity (Wildman–Crippen MR) is 93.1 cm³/mol. The van der Waals surface area contributed by atoms with Gasteiger partial charge < -0.3 is 4.74 Å². The highest BCUT2D eigenvalue weighted by atomic mass is 16.5. The van der Waals surface area contributed by atoms with Gasteiger partial charge in [-0.2, -0.15) is 5.10 Å². The molecule has 0 aliphatic heterocycles. The zero-order chi connectivity index (χ0) is 16.7. The van der Waals surface area contributed by atoms with Crippen molar-refractivity contribution in [3.8, 4) is 5.75 Å². The van der Waals surface area contributed by atoms with E-state index in [1.165, 1.54) is 5.56 Å². The third-order valence-corrected chi connectivity index (χ3v) is 3.57. The molecule has 0 spiro atoms. The summed E-state index contributed by atoms with van der Waals surface area (Å²) >= 11 is 0. The number of hydrogen-bond donors (Lipinski definition) is 1. The molecule has 2 rings (SSSR count). The Morgan fingerprint density at radius 1 is 1.13 bits per heavy atom. The van der Waals surface area contributed by atoms with E-state index in [-0.39, 0.29) is 5.91 Å². The minimum atomic E-state index is -0.258. The Hall–Kier alpha value is -2.62. The summed E-state index contributed by atoms with van der Waals surface area (Å²) in [5.41, 5.74) is 6.17. The highest BCUT2D eigenvalue weighted by Gasteiger charge is 2.06. The maximum atomic E-state index is 12.1. The second kappa shape index (κ2) is 8.13. The lowest BCUT2D eigenvalue weighted by molar-refractivity contribution is 0.0954. The van der Waals surface area contributed by atoms with Crippen molar-refractivity contribution < 1.29 is 9.53 Å². The molecule has 23 heavy (non-hydrogen) atoms. The minimum Gasteiger partial charge on any atom is -0.497 e. The van der Waals surface area contributed by atoms with Crippen molar-refractivity contribution in [1.29, 1.82) is 0 Å². The van der Waals surface area contributed by atoms with Gasteiger partial charge in [-0.15, -0.1) is 0 Å². The summed E-state index contributed by atoms with van der Waals surface area (Å²) in [5, 5.41) is 4.18. The van der Waals surface area contributed by atoms with Crippen LogP contribution in [0.25, 0.3) is 0 Å². The third-order valence-electron chi connectivity index (χ3n) is 3.57. The van der Waals surface area contributed by atoms with Crippen LogP contribution in [0.1, 0.15) is 41.8 Å². The van der Waals surface area contributed by atoms with E-state index < -0.39 is 0 Å². The predicted octanol–water partition coefficient (Wildman–Crippen LogP) is 3.80. The number of carbonyl (C=O) groups excluding carboxylic acids is 1. The topological polar surface area (TPSA) is 50.7 Å². The van der Waals surface area contributed by atoms with Crippen LogP contribution in [-0.2, 0) is 6.42 Å². The lowest BCUT2D eigenvalue weighted by Crippen LogP contribution is -2.19. The molecule has 0 fully saturated rings. The SMILES string of the molecule is CCCc1ccc(C(C)=NNC(=O)c2cccc(OC)c2)cc1. The average Bonchev–Trinajstić information content (AvgIpc) is 2.60. The van der Waals surface area contributed by atoms with Crippen LogP contribution in [0, 0.1) is 0 Å². The van der Waals surface area contributed by atoms with Crippen molar-refractivity contribution in [2.45, 2.75) is 26.7 Å². The first-order valence-electron chi connectivity index (χ1n) is 7.72. The Morgan fingerprint density at radius 2 is 1.87 bits per heavy atom.